The van der Waals surface area contributed by atoms with E-state index in [9.17, 15) is 18.0 Å². The van der Waals surface area contributed by atoms with Crippen molar-refractivity contribution in [2.24, 2.45) is 0 Å². The molecular weight excluding hydrogens is 246 g/mol. The quantitative estimate of drug-likeness (QED) is 0.652. The van der Waals surface area contributed by atoms with Gasteiger partial charge in [-0.25, -0.2) is 13.2 Å². The van der Waals surface area contributed by atoms with Crippen LogP contribution in [0.4, 0.5) is 0 Å². The van der Waals surface area contributed by atoms with Crippen molar-refractivity contribution in [1.29, 1.82) is 0 Å². The van der Waals surface area contributed by atoms with Crippen LogP contribution in [0.25, 0.3) is 0 Å². The Kier molecular flexibility index (Phi) is 6.79. The van der Waals surface area contributed by atoms with Gasteiger partial charge in [-0.15, -0.1) is 0 Å². The molecule has 17 heavy (non-hydrogen) atoms. The second kappa shape index (κ2) is 7.26. The fourth-order valence-electron chi connectivity index (χ4n) is 1.19. The van der Waals surface area contributed by atoms with Crippen molar-refractivity contribution >= 4 is 21.7 Å². The van der Waals surface area contributed by atoms with Gasteiger partial charge in [-0.05, 0) is 12.8 Å². The highest BCUT2D eigenvalue weighted by molar-refractivity contribution is 7.91. The zero-order valence-electron chi connectivity index (χ0n) is 10.1. The Hall–Kier alpha value is -1.11. The molecule has 0 saturated carbocycles. The minimum absolute atomic E-state index is 0.0256. The standard InChI is InChI=1S/C10H19NO5S/c1-3-5-9(12)11-8(10(13)14)6-7-17(15,16)4-2/h8H,3-7H2,1-2H3,(H,11,12)(H,13,14). The maximum Gasteiger partial charge on any atom is 0.326 e. The van der Waals surface area contributed by atoms with Crippen LogP contribution in [0.1, 0.15) is 33.1 Å². The molecule has 1 amide bonds. The second-order valence-corrected chi connectivity index (χ2v) is 6.21. The predicted octanol–water partition coefficient (Wildman–Crippen LogP) is 0.181. The number of carboxylic acids is 1. The largest absolute Gasteiger partial charge is 0.480 e. The summed E-state index contributed by atoms with van der Waals surface area (Å²) in [5, 5.41) is 11.2. The first-order chi connectivity index (χ1) is 7.82. The third-order valence-electron chi connectivity index (χ3n) is 2.27. The molecule has 7 heteroatoms. The van der Waals surface area contributed by atoms with E-state index in [0.717, 1.165) is 0 Å². The van der Waals surface area contributed by atoms with Crippen LogP contribution < -0.4 is 5.32 Å². The molecule has 0 spiro atoms. The van der Waals surface area contributed by atoms with Crippen molar-refractivity contribution in [2.45, 2.75) is 39.2 Å². The molecule has 1 unspecified atom stereocenters. The Morgan fingerprint density at radius 3 is 2.29 bits per heavy atom. The molecule has 100 valence electrons. The lowest BCUT2D eigenvalue weighted by Crippen LogP contribution is -2.41. The van der Waals surface area contributed by atoms with Crippen molar-refractivity contribution in [2.75, 3.05) is 11.5 Å². The molecular formula is C10H19NO5S. The van der Waals surface area contributed by atoms with Crippen LogP contribution in [0.5, 0.6) is 0 Å². The Morgan fingerprint density at radius 2 is 1.88 bits per heavy atom. The van der Waals surface area contributed by atoms with Crippen LogP contribution in [0, 0.1) is 0 Å². The number of carbonyl (C=O) groups is 2. The zero-order valence-corrected chi connectivity index (χ0v) is 10.9. The summed E-state index contributed by atoms with van der Waals surface area (Å²) in [6.07, 6.45) is 0.761. The molecule has 0 saturated heterocycles. The molecule has 0 aliphatic carbocycles. The van der Waals surface area contributed by atoms with Crippen molar-refractivity contribution in [3.63, 3.8) is 0 Å². The summed E-state index contributed by atoms with van der Waals surface area (Å²) >= 11 is 0. The van der Waals surface area contributed by atoms with E-state index in [0.29, 0.717) is 6.42 Å². The fourth-order valence-corrected chi connectivity index (χ4v) is 2.08. The van der Waals surface area contributed by atoms with E-state index in [2.05, 4.69) is 5.32 Å². The Balaban J connectivity index is 4.36. The monoisotopic (exact) mass is 265 g/mol. The topological polar surface area (TPSA) is 101 Å². The van der Waals surface area contributed by atoms with Gasteiger partial charge < -0.3 is 10.4 Å². The fraction of sp³-hybridized carbons (Fsp3) is 0.800. The summed E-state index contributed by atoms with van der Waals surface area (Å²) in [4.78, 5) is 22.1. The van der Waals surface area contributed by atoms with Crippen LogP contribution in [0.2, 0.25) is 0 Å². The first-order valence-electron chi connectivity index (χ1n) is 5.55. The summed E-state index contributed by atoms with van der Waals surface area (Å²) in [7, 11) is -3.21. The molecule has 1 atom stereocenters. The number of rotatable bonds is 8. The van der Waals surface area contributed by atoms with Gasteiger partial charge in [0, 0.05) is 12.2 Å². The molecule has 0 aromatic rings. The summed E-state index contributed by atoms with van der Waals surface area (Å²) in [6, 6.07) is -1.13. The van der Waals surface area contributed by atoms with Crippen molar-refractivity contribution in [3.8, 4) is 0 Å². The minimum Gasteiger partial charge on any atom is -0.480 e. The number of hydrogen-bond acceptors (Lipinski definition) is 4. The Morgan fingerprint density at radius 1 is 1.29 bits per heavy atom. The SMILES string of the molecule is CCCC(=O)NC(CCS(=O)(=O)CC)C(=O)O. The second-order valence-electron chi connectivity index (χ2n) is 3.73. The predicted molar refractivity (Wildman–Crippen MR) is 63.4 cm³/mol. The van der Waals surface area contributed by atoms with Gasteiger partial charge in [-0.1, -0.05) is 13.8 Å². The molecule has 0 aromatic carbocycles. The Bertz CT molecular complexity index is 363. The van der Waals surface area contributed by atoms with Crippen LogP contribution in [0.15, 0.2) is 0 Å². The van der Waals surface area contributed by atoms with E-state index >= 15 is 0 Å². The molecule has 0 aliphatic heterocycles. The average molecular weight is 265 g/mol. The number of carbonyl (C=O) groups excluding carboxylic acids is 1. The summed E-state index contributed by atoms with van der Waals surface area (Å²) in [6.45, 7) is 3.30. The molecule has 0 fully saturated rings. The smallest absolute Gasteiger partial charge is 0.326 e. The van der Waals surface area contributed by atoms with Crippen LogP contribution in [-0.4, -0.2) is 42.9 Å². The highest BCUT2D eigenvalue weighted by Gasteiger charge is 2.21. The molecule has 0 bridgehead atoms. The number of aliphatic carboxylic acids is 1. The molecule has 0 rings (SSSR count). The number of carboxylic acid groups (broad SMARTS) is 1. The molecule has 0 radical (unpaired) electrons. The lowest BCUT2D eigenvalue weighted by molar-refractivity contribution is -0.141. The van der Waals surface area contributed by atoms with E-state index in [1.165, 1.54) is 6.92 Å². The van der Waals surface area contributed by atoms with Crippen LogP contribution in [0.3, 0.4) is 0 Å². The number of amides is 1. The molecule has 0 aromatic heterocycles. The highest BCUT2D eigenvalue weighted by Crippen LogP contribution is 2.00. The van der Waals surface area contributed by atoms with Crippen LogP contribution >= 0.6 is 0 Å². The van der Waals surface area contributed by atoms with Gasteiger partial charge in [0.15, 0.2) is 0 Å². The van der Waals surface area contributed by atoms with E-state index < -0.39 is 21.8 Å². The molecule has 6 nitrogen and oxygen atoms in total. The van der Waals surface area contributed by atoms with Gasteiger partial charge in [-0.3, -0.25) is 4.79 Å². The lowest BCUT2D eigenvalue weighted by atomic mass is 10.2. The summed E-state index contributed by atoms with van der Waals surface area (Å²) in [5.41, 5.74) is 0. The van der Waals surface area contributed by atoms with E-state index in [1.807, 2.05) is 0 Å². The first-order valence-corrected chi connectivity index (χ1v) is 7.37. The van der Waals surface area contributed by atoms with E-state index in [-0.39, 0.29) is 30.3 Å². The summed E-state index contributed by atoms with van der Waals surface area (Å²) < 4.78 is 22.5. The van der Waals surface area contributed by atoms with Gasteiger partial charge in [0.05, 0.1) is 5.75 Å². The molecule has 2 N–H and O–H groups in total. The number of sulfone groups is 1. The third-order valence-corrected chi connectivity index (χ3v) is 4.01. The zero-order chi connectivity index (χ0) is 13.5. The van der Waals surface area contributed by atoms with Gasteiger partial charge in [0.1, 0.15) is 15.9 Å². The van der Waals surface area contributed by atoms with Gasteiger partial charge in [0.25, 0.3) is 0 Å². The number of nitrogens with one attached hydrogen (secondary N) is 1. The molecule has 0 heterocycles. The maximum absolute atomic E-state index is 11.2. The number of hydrogen-bond donors (Lipinski definition) is 2. The lowest BCUT2D eigenvalue weighted by Gasteiger charge is -2.13. The van der Waals surface area contributed by atoms with Gasteiger partial charge in [-0.2, -0.15) is 0 Å². The maximum atomic E-state index is 11.2. The van der Waals surface area contributed by atoms with Gasteiger partial charge >= 0.3 is 5.97 Å². The third kappa shape index (κ3) is 6.93. The van der Waals surface area contributed by atoms with Crippen LogP contribution in [-0.2, 0) is 19.4 Å². The summed E-state index contributed by atoms with van der Waals surface area (Å²) in [5.74, 6) is -1.83. The highest BCUT2D eigenvalue weighted by atomic mass is 32.2. The van der Waals surface area contributed by atoms with E-state index in [1.54, 1.807) is 6.92 Å². The van der Waals surface area contributed by atoms with Crippen molar-refractivity contribution in [3.05, 3.63) is 0 Å². The average Bonchev–Trinajstić information content (AvgIpc) is 2.24. The normalized spacial score (nSPS) is 13.1. The van der Waals surface area contributed by atoms with E-state index in [4.69, 9.17) is 5.11 Å². The minimum atomic E-state index is -3.21. The molecule has 0 aliphatic rings. The Labute approximate surface area is 101 Å². The van der Waals surface area contributed by atoms with Gasteiger partial charge in [0.2, 0.25) is 5.91 Å². The van der Waals surface area contributed by atoms with Crippen molar-refractivity contribution < 1.29 is 23.1 Å². The van der Waals surface area contributed by atoms with Crippen molar-refractivity contribution in [1.82, 2.24) is 5.32 Å². The first kappa shape index (κ1) is 15.9.